The molecule has 0 radical (unpaired) electrons. The molecular weight excluding hydrogens is 697 g/mol. The molecule has 7 aromatic rings. The van der Waals surface area contributed by atoms with Crippen molar-refractivity contribution in [3.8, 4) is 66.8 Å². The Morgan fingerprint density at radius 3 is 0.621 bits per heavy atom. The average molecular weight is 759 g/mol. The van der Waals surface area contributed by atoms with Crippen LogP contribution in [-0.4, -0.2) is 0 Å². The first-order chi connectivity index (χ1) is 27.4. The zero-order valence-corrected chi connectivity index (χ0v) is 37.0. The Labute approximate surface area is 350 Å². The maximum atomic E-state index is 2.52. The molecule has 7 rings (SSSR count). The Kier molecular flexibility index (Phi) is 10.8. The maximum absolute atomic E-state index is 2.52. The van der Waals surface area contributed by atoms with E-state index >= 15 is 0 Å². The van der Waals surface area contributed by atoms with E-state index in [4.69, 9.17) is 0 Å². The predicted octanol–water partition coefficient (Wildman–Crippen LogP) is 16.9. The fourth-order valence-corrected chi connectivity index (χ4v) is 8.85. The van der Waals surface area contributed by atoms with Crippen LogP contribution >= 0.6 is 0 Å². The van der Waals surface area contributed by atoms with E-state index < -0.39 is 0 Å². The van der Waals surface area contributed by atoms with E-state index in [1.165, 1.54) is 89.0 Å². The van der Waals surface area contributed by atoms with Gasteiger partial charge in [0.25, 0.3) is 0 Å². The third kappa shape index (κ3) is 8.00. The zero-order valence-electron chi connectivity index (χ0n) is 37.0. The van der Waals surface area contributed by atoms with Gasteiger partial charge in [-0.15, -0.1) is 0 Å². The Bertz CT molecular complexity index is 2240. The maximum Gasteiger partial charge on any atom is -0.00138 e. The van der Waals surface area contributed by atoms with E-state index in [2.05, 4.69) is 241 Å². The first kappa shape index (κ1) is 40.7. The third-order valence-electron chi connectivity index (χ3n) is 11.6. The van der Waals surface area contributed by atoms with Crippen LogP contribution in [0.2, 0.25) is 0 Å². The van der Waals surface area contributed by atoms with E-state index in [0.29, 0.717) is 0 Å². The lowest BCUT2D eigenvalue weighted by atomic mass is 9.70. The van der Waals surface area contributed by atoms with Gasteiger partial charge in [0, 0.05) is 0 Å². The predicted molar refractivity (Wildman–Crippen MR) is 254 cm³/mol. The second-order valence-electron chi connectivity index (χ2n) is 20.2. The van der Waals surface area contributed by atoms with Crippen LogP contribution < -0.4 is 0 Å². The number of rotatable bonds is 6. The van der Waals surface area contributed by atoms with Crippen molar-refractivity contribution in [2.45, 2.75) is 105 Å². The van der Waals surface area contributed by atoms with Crippen LogP contribution in [0.3, 0.4) is 0 Å². The summed E-state index contributed by atoms with van der Waals surface area (Å²) in [5, 5.41) is 0. The van der Waals surface area contributed by atoms with Gasteiger partial charge in [-0.2, -0.15) is 0 Å². The van der Waals surface area contributed by atoms with Gasteiger partial charge in [0.2, 0.25) is 0 Å². The van der Waals surface area contributed by atoms with E-state index in [1.54, 1.807) is 0 Å². The van der Waals surface area contributed by atoms with E-state index in [0.717, 1.165) is 0 Å². The van der Waals surface area contributed by atoms with Crippen molar-refractivity contribution in [3.05, 3.63) is 180 Å². The van der Waals surface area contributed by atoms with Gasteiger partial charge in [-0.1, -0.05) is 241 Å². The highest BCUT2D eigenvalue weighted by atomic mass is 14.4. The molecule has 0 aliphatic carbocycles. The summed E-state index contributed by atoms with van der Waals surface area (Å²) >= 11 is 0. The van der Waals surface area contributed by atoms with Gasteiger partial charge in [-0.05, 0) is 111 Å². The summed E-state index contributed by atoms with van der Waals surface area (Å²) in [6.07, 6.45) is 0. The van der Waals surface area contributed by atoms with Crippen molar-refractivity contribution >= 4 is 0 Å². The minimum absolute atomic E-state index is 0.0100. The highest BCUT2D eigenvalue weighted by Gasteiger charge is 2.33. The van der Waals surface area contributed by atoms with Crippen LogP contribution in [0, 0.1) is 0 Å². The second kappa shape index (κ2) is 15.4. The summed E-state index contributed by atoms with van der Waals surface area (Å²) in [6, 6.07) is 59.3. The average Bonchev–Trinajstić information content (AvgIpc) is 3.19. The molecule has 0 aromatic heterocycles. The van der Waals surface area contributed by atoms with Crippen molar-refractivity contribution < 1.29 is 0 Å². The van der Waals surface area contributed by atoms with Gasteiger partial charge in [-0.25, -0.2) is 0 Å². The standard InChI is InChI=1S/C58H62/c1-55(2,3)45-35-33-43(37-47(45)57(7,8)9)53-49(39-25-17-13-18-26-39)51(41-29-21-15-22-30-41)54(44-34-36-46(56(4,5)6)48(38-44)58(10,11)12)52(42-31-23-16-24-32-42)50(53)40-27-19-14-20-28-40/h13-38H,1-12H3. The molecule has 0 fully saturated rings. The lowest BCUT2D eigenvalue weighted by Gasteiger charge is -2.33. The molecule has 0 spiro atoms. The molecule has 0 N–H and O–H groups in total. The lowest BCUT2D eigenvalue weighted by Crippen LogP contribution is -2.22. The van der Waals surface area contributed by atoms with Crippen LogP contribution in [-0.2, 0) is 21.7 Å². The molecule has 0 unspecified atom stereocenters. The lowest BCUT2D eigenvalue weighted by molar-refractivity contribution is 0.530. The first-order valence-electron chi connectivity index (χ1n) is 21.1. The van der Waals surface area contributed by atoms with E-state index in [9.17, 15) is 0 Å². The molecule has 0 nitrogen and oxygen atoms in total. The summed E-state index contributed by atoms with van der Waals surface area (Å²) < 4.78 is 0. The highest BCUT2D eigenvalue weighted by molar-refractivity contribution is 6.15. The summed E-state index contributed by atoms with van der Waals surface area (Å²) in [7, 11) is 0. The molecule has 58 heavy (non-hydrogen) atoms. The van der Waals surface area contributed by atoms with Crippen molar-refractivity contribution in [1.82, 2.24) is 0 Å². The molecule has 0 aliphatic rings. The molecule has 0 saturated heterocycles. The normalized spacial score (nSPS) is 12.5. The van der Waals surface area contributed by atoms with Gasteiger partial charge in [0.1, 0.15) is 0 Å². The quantitative estimate of drug-likeness (QED) is 0.158. The van der Waals surface area contributed by atoms with Gasteiger partial charge in [0.15, 0.2) is 0 Å². The fourth-order valence-electron chi connectivity index (χ4n) is 8.85. The minimum atomic E-state index is -0.0684. The van der Waals surface area contributed by atoms with Crippen LogP contribution in [0.4, 0.5) is 0 Å². The molecule has 0 heteroatoms. The van der Waals surface area contributed by atoms with E-state index in [1.807, 2.05) is 0 Å². The van der Waals surface area contributed by atoms with Crippen molar-refractivity contribution in [3.63, 3.8) is 0 Å². The number of hydrogen-bond acceptors (Lipinski definition) is 0. The minimum Gasteiger partial charge on any atom is -0.0622 e. The third-order valence-corrected chi connectivity index (χ3v) is 11.6. The largest absolute Gasteiger partial charge is 0.0622 e. The molecule has 0 amide bonds. The van der Waals surface area contributed by atoms with Crippen LogP contribution in [0.25, 0.3) is 66.8 Å². The Balaban J connectivity index is 1.83. The van der Waals surface area contributed by atoms with Crippen LogP contribution in [0.1, 0.15) is 105 Å². The van der Waals surface area contributed by atoms with E-state index in [-0.39, 0.29) is 21.7 Å². The summed E-state index contributed by atoms with van der Waals surface area (Å²) in [5.74, 6) is 0. The topological polar surface area (TPSA) is 0 Å². The molecule has 0 atom stereocenters. The smallest absolute Gasteiger partial charge is 0.00138 e. The zero-order chi connectivity index (χ0) is 41.6. The Hall–Kier alpha value is -5.46. The number of benzene rings is 7. The van der Waals surface area contributed by atoms with Crippen LogP contribution in [0.15, 0.2) is 158 Å². The monoisotopic (exact) mass is 758 g/mol. The van der Waals surface area contributed by atoms with Crippen molar-refractivity contribution in [1.29, 1.82) is 0 Å². The van der Waals surface area contributed by atoms with Gasteiger partial charge >= 0.3 is 0 Å². The molecule has 0 bridgehead atoms. The fraction of sp³-hybridized carbons (Fsp3) is 0.276. The molecular formula is C58H62. The van der Waals surface area contributed by atoms with Gasteiger partial charge in [0.05, 0.1) is 0 Å². The van der Waals surface area contributed by atoms with Gasteiger partial charge < -0.3 is 0 Å². The summed E-state index contributed by atoms with van der Waals surface area (Å²) in [6.45, 7) is 28.2. The summed E-state index contributed by atoms with van der Waals surface area (Å²) in [4.78, 5) is 0. The first-order valence-corrected chi connectivity index (χ1v) is 21.1. The number of hydrogen-bond donors (Lipinski definition) is 0. The molecule has 0 aliphatic heterocycles. The van der Waals surface area contributed by atoms with Crippen LogP contribution in [0.5, 0.6) is 0 Å². The second-order valence-corrected chi connectivity index (χ2v) is 20.2. The Morgan fingerprint density at radius 1 is 0.207 bits per heavy atom. The highest BCUT2D eigenvalue weighted by Crippen LogP contribution is 2.57. The molecule has 294 valence electrons. The summed E-state index contributed by atoms with van der Waals surface area (Å²) in [5.41, 5.74) is 20.2. The van der Waals surface area contributed by atoms with Crippen molar-refractivity contribution in [2.24, 2.45) is 0 Å². The Morgan fingerprint density at radius 2 is 0.414 bits per heavy atom. The van der Waals surface area contributed by atoms with Crippen molar-refractivity contribution in [2.75, 3.05) is 0 Å². The van der Waals surface area contributed by atoms with Gasteiger partial charge in [-0.3, -0.25) is 0 Å². The molecule has 7 aromatic carbocycles. The molecule has 0 heterocycles. The SMILES string of the molecule is CC(C)(C)c1ccc(-c2c(-c3ccccc3)c(-c3ccccc3)c(-c3ccc(C(C)(C)C)c(C(C)(C)C)c3)c(-c3ccccc3)c2-c2ccccc2)cc1C(C)(C)C. The molecule has 0 saturated carbocycles.